The van der Waals surface area contributed by atoms with Crippen molar-refractivity contribution in [2.45, 2.75) is 84.3 Å². The smallest absolute Gasteiger partial charge is 0.338 e. The number of rotatable bonds is 3. The number of fused-ring (bicyclic) bond motifs is 5. The number of benzene rings is 1. The third kappa shape index (κ3) is 3.50. The van der Waals surface area contributed by atoms with Crippen LogP contribution in [-0.2, 0) is 14.3 Å². The molecular formula is C28H36O4. The van der Waals surface area contributed by atoms with Gasteiger partial charge in [0.2, 0.25) is 0 Å². The fourth-order valence-corrected chi connectivity index (χ4v) is 7.87. The van der Waals surface area contributed by atoms with Crippen molar-refractivity contribution in [3.8, 4) is 0 Å². The first-order chi connectivity index (χ1) is 15.3. The lowest BCUT2D eigenvalue weighted by Gasteiger charge is -2.57. The molecule has 0 spiro atoms. The van der Waals surface area contributed by atoms with E-state index < -0.39 is 0 Å². The number of allylic oxidation sites excluding steroid dienone is 1. The lowest BCUT2D eigenvalue weighted by molar-refractivity contribution is -0.156. The number of carbonyl (C=O) groups excluding carboxylic acids is 2. The lowest BCUT2D eigenvalue weighted by Crippen LogP contribution is -2.51. The Morgan fingerprint density at radius 1 is 0.938 bits per heavy atom. The predicted molar refractivity (Wildman–Crippen MR) is 123 cm³/mol. The van der Waals surface area contributed by atoms with Crippen molar-refractivity contribution in [2.75, 3.05) is 0 Å². The number of ether oxygens (including phenoxy) is 2. The summed E-state index contributed by atoms with van der Waals surface area (Å²) >= 11 is 0. The van der Waals surface area contributed by atoms with Crippen LogP contribution in [0, 0.1) is 28.6 Å². The Morgan fingerprint density at radius 2 is 1.72 bits per heavy atom. The first-order valence-electron chi connectivity index (χ1n) is 12.4. The van der Waals surface area contributed by atoms with Gasteiger partial charge in [-0.15, -0.1) is 0 Å². The van der Waals surface area contributed by atoms with Gasteiger partial charge in [0.25, 0.3) is 0 Å². The molecule has 3 fully saturated rings. The summed E-state index contributed by atoms with van der Waals surface area (Å²) in [5.74, 6) is 1.65. The van der Waals surface area contributed by atoms with E-state index in [0.29, 0.717) is 23.3 Å². The van der Waals surface area contributed by atoms with E-state index in [1.165, 1.54) is 18.4 Å². The van der Waals surface area contributed by atoms with Crippen LogP contribution in [0.1, 0.15) is 82.5 Å². The summed E-state index contributed by atoms with van der Waals surface area (Å²) in [6.07, 6.45) is 11.1. The molecule has 5 rings (SSSR count). The van der Waals surface area contributed by atoms with E-state index in [1.54, 1.807) is 6.92 Å². The largest absolute Gasteiger partial charge is 0.462 e. The summed E-state index contributed by atoms with van der Waals surface area (Å²) < 4.78 is 11.7. The second-order valence-electron chi connectivity index (χ2n) is 11.1. The highest BCUT2D eigenvalue weighted by atomic mass is 16.5. The second-order valence-corrected chi connectivity index (χ2v) is 11.1. The van der Waals surface area contributed by atoms with Crippen molar-refractivity contribution in [3.05, 3.63) is 47.5 Å². The monoisotopic (exact) mass is 436 g/mol. The first-order valence-corrected chi connectivity index (χ1v) is 12.4. The van der Waals surface area contributed by atoms with Gasteiger partial charge in [-0.05, 0) is 80.2 Å². The Labute approximate surface area is 191 Å². The standard InChI is InChI=1S/C28H36O4/c1-18(29)31-25-12-11-23-22-10-9-20-17-21(32-26(30)19-7-5-4-6-8-19)13-15-27(20,2)24(22)14-16-28(23,25)3/h4-9,21-25H,10-17H2,1-3H3/t21-,22+,23+,24+,25-,27+,28+/m1/s1. The van der Waals surface area contributed by atoms with Gasteiger partial charge in [-0.3, -0.25) is 4.79 Å². The maximum Gasteiger partial charge on any atom is 0.338 e. The van der Waals surface area contributed by atoms with Crippen LogP contribution in [0.2, 0.25) is 0 Å². The Kier molecular flexibility index (Phi) is 5.46. The van der Waals surface area contributed by atoms with Crippen LogP contribution < -0.4 is 0 Å². The summed E-state index contributed by atoms with van der Waals surface area (Å²) in [5.41, 5.74) is 2.47. The number of carbonyl (C=O) groups is 2. The maximum absolute atomic E-state index is 12.6. The van der Waals surface area contributed by atoms with E-state index in [1.807, 2.05) is 30.3 Å². The average Bonchev–Trinajstić information content (AvgIpc) is 3.10. The summed E-state index contributed by atoms with van der Waals surface area (Å²) in [7, 11) is 0. The van der Waals surface area contributed by atoms with E-state index >= 15 is 0 Å². The highest BCUT2D eigenvalue weighted by Crippen LogP contribution is 2.65. The lowest BCUT2D eigenvalue weighted by atomic mass is 9.48. The number of hydrogen-bond donors (Lipinski definition) is 0. The molecular weight excluding hydrogens is 400 g/mol. The van der Waals surface area contributed by atoms with Crippen LogP contribution in [0.3, 0.4) is 0 Å². The molecule has 0 amide bonds. The van der Waals surface area contributed by atoms with Crippen molar-refractivity contribution < 1.29 is 19.1 Å². The fraction of sp³-hybridized carbons (Fsp3) is 0.643. The predicted octanol–water partition coefficient (Wildman–Crippen LogP) is 6.11. The van der Waals surface area contributed by atoms with Gasteiger partial charge >= 0.3 is 11.9 Å². The van der Waals surface area contributed by atoms with Crippen LogP contribution in [0.15, 0.2) is 42.0 Å². The molecule has 0 unspecified atom stereocenters. The zero-order valence-electron chi connectivity index (χ0n) is 19.6. The summed E-state index contributed by atoms with van der Waals surface area (Å²) in [6, 6.07) is 9.32. The molecule has 4 nitrogen and oxygen atoms in total. The molecule has 1 aromatic carbocycles. The van der Waals surface area contributed by atoms with Crippen molar-refractivity contribution in [1.29, 1.82) is 0 Å². The van der Waals surface area contributed by atoms with Gasteiger partial charge in [-0.1, -0.05) is 43.7 Å². The molecule has 0 heterocycles. The topological polar surface area (TPSA) is 52.6 Å². The summed E-state index contributed by atoms with van der Waals surface area (Å²) in [5, 5.41) is 0. The normalized spacial score (nSPS) is 40.3. The molecule has 7 atom stereocenters. The molecule has 0 aromatic heterocycles. The number of hydrogen-bond acceptors (Lipinski definition) is 4. The van der Waals surface area contributed by atoms with Crippen LogP contribution in [-0.4, -0.2) is 24.1 Å². The van der Waals surface area contributed by atoms with Crippen molar-refractivity contribution in [1.82, 2.24) is 0 Å². The minimum atomic E-state index is -0.204. The van der Waals surface area contributed by atoms with Crippen LogP contribution in [0.25, 0.3) is 0 Å². The highest BCUT2D eigenvalue weighted by molar-refractivity contribution is 5.89. The van der Waals surface area contributed by atoms with Crippen LogP contribution in [0.5, 0.6) is 0 Å². The second kappa shape index (κ2) is 8.04. The maximum atomic E-state index is 12.6. The molecule has 4 aliphatic carbocycles. The molecule has 3 saturated carbocycles. The van der Waals surface area contributed by atoms with Gasteiger partial charge in [0.1, 0.15) is 12.2 Å². The Morgan fingerprint density at radius 3 is 2.47 bits per heavy atom. The van der Waals surface area contributed by atoms with E-state index in [9.17, 15) is 9.59 Å². The van der Waals surface area contributed by atoms with E-state index in [4.69, 9.17) is 9.47 Å². The van der Waals surface area contributed by atoms with Crippen LogP contribution in [0.4, 0.5) is 0 Å². The van der Waals surface area contributed by atoms with Gasteiger partial charge < -0.3 is 9.47 Å². The minimum Gasteiger partial charge on any atom is -0.462 e. The molecule has 0 radical (unpaired) electrons. The van der Waals surface area contributed by atoms with E-state index in [0.717, 1.165) is 38.5 Å². The van der Waals surface area contributed by atoms with Crippen molar-refractivity contribution in [3.63, 3.8) is 0 Å². The Balaban J connectivity index is 1.31. The molecule has 172 valence electrons. The molecule has 32 heavy (non-hydrogen) atoms. The fourth-order valence-electron chi connectivity index (χ4n) is 7.87. The average molecular weight is 437 g/mol. The Bertz CT molecular complexity index is 921. The van der Waals surface area contributed by atoms with E-state index in [-0.39, 0.29) is 35.0 Å². The highest BCUT2D eigenvalue weighted by Gasteiger charge is 2.59. The van der Waals surface area contributed by atoms with Gasteiger partial charge in [0, 0.05) is 18.8 Å². The van der Waals surface area contributed by atoms with Gasteiger partial charge in [-0.2, -0.15) is 0 Å². The molecule has 0 aliphatic heterocycles. The SMILES string of the molecule is CC(=O)O[C@@H]1CC[C@H]2[C@@H]3CC=C4C[C@H](OC(=O)c5ccccc5)CC[C@]4(C)[C@H]3CC[C@]12C. The number of esters is 2. The van der Waals surface area contributed by atoms with Crippen molar-refractivity contribution in [2.24, 2.45) is 28.6 Å². The van der Waals surface area contributed by atoms with Crippen molar-refractivity contribution >= 4 is 11.9 Å². The zero-order valence-corrected chi connectivity index (χ0v) is 19.6. The Hall–Kier alpha value is -2.10. The van der Waals surface area contributed by atoms with Gasteiger partial charge in [0.15, 0.2) is 0 Å². The van der Waals surface area contributed by atoms with Gasteiger partial charge in [-0.25, -0.2) is 4.79 Å². The molecule has 0 bridgehead atoms. The molecule has 0 N–H and O–H groups in total. The molecule has 4 heteroatoms. The quantitative estimate of drug-likeness (QED) is 0.424. The minimum absolute atomic E-state index is 0.0211. The molecule has 0 saturated heterocycles. The first kappa shape index (κ1) is 21.7. The van der Waals surface area contributed by atoms with E-state index in [2.05, 4.69) is 19.9 Å². The van der Waals surface area contributed by atoms with Crippen LogP contribution >= 0.6 is 0 Å². The third-order valence-electron chi connectivity index (χ3n) is 9.56. The molecule has 4 aliphatic rings. The third-order valence-corrected chi connectivity index (χ3v) is 9.56. The summed E-state index contributed by atoms with van der Waals surface area (Å²) in [4.78, 5) is 24.2. The summed E-state index contributed by atoms with van der Waals surface area (Å²) in [6.45, 7) is 6.38. The molecule has 1 aromatic rings. The zero-order chi connectivity index (χ0) is 22.5. The van der Waals surface area contributed by atoms with Gasteiger partial charge in [0.05, 0.1) is 5.56 Å².